The number of sulfonamides is 1. The van der Waals surface area contributed by atoms with Gasteiger partial charge in [-0.2, -0.15) is 8.42 Å². The second-order valence-electron chi connectivity index (χ2n) is 10.7. The van der Waals surface area contributed by atoms with Crippen LogP contribution in [0.25, 0.3) is 5.70 Å². The molecule has 2 fully saturated rings. The lowest BCUT2D eigenvalue weighted by Crippen LogP contribution is -2.38. The summed E-state index contributed by atoms with van der Waals surface area (Å²) in [5.41, 5.74) is 6.66. The Bertz CT molecular complexity index is 1470. The number of rotatable bonds is 9. The number of aromatic nitrogens is 2. The number of carbonyl (C=O) groups is 2. The van der Waals surface area contributed by atoms with Crippen molar-refractivity contribution in [3.05, 3.63) is 47.5 Å². The lowest BCUT2D eigenvalue weighted by Gasteiger charge is -2.35. The number of hydrogen-bond acceptors (Lipinski definition) is 8. The number of fused-ring (bicyclic) bond motifs is 1. The minimum absolute atomic E-state index is 0.0233. The summed E-state index contributed by atoms with van der Waals surface area (Å²) in [6.07, 6.45) is 5.30. The molecule has 1 saturated carbocycles. The third kappa shape index (κ3) is 4.84. The van der Waals surface area contributed by atoms with E-state index in [4.69, 9.17) is 15.2 Å². The molecule has 1 aromatic carbocycles. The molecule has 3 aliphatic rings. The SMILES string of the molecule is CC[C@@H]1CC(=O)NC12CC2OC1c2cc(OC(C)C)c(C(N)=O)cc2C(NS(=O)(=O)c2cn(C)cn2)=CN1C. The van der Waals surface area contributed by atoms with Gasteiger partial charge in [-0.3, -0.25) is 14.3 Å². The number of nitrogens with zero attached hydrogens (tertiary/aromatic N) is 3. The van der Waals surface area contributed by atoms with Crippen LogP contribution in [0.5, 0.6) is 5.75 Å². The van der Waals surface area contributed by atoms with Gasteiger partial charge in [-0.25, -0.2) is 4.98 Å². The number of imidazole rings is 1. The van der Waals surface area contributed by atoms with Gasteiger partial charge in [-0.15, -0.1) is 0 Å². The Kier molecular flexibility index (Phi) is 6.62. The van der Waals surface area contributed by atoms with Crippen molar-refractivity contribution in [2.75, 3.05) is 7.05 Å². The van der Waals surface area contributed by atoms with E-state index < -0.39 is 27.7 Å². The van der Waals surface area contributed by atoms with E-state index in [1.165, 1.54) is 23.2 Å². The average Bonchev–Trinajstić information content (AvgIpc) is 3.15. The third-order valence-corrected chi connectivity index (χ3v) is 8.75. The van der Waals surface area contributed by atoms with Gasteiger partial charge in [0.25, 0.3) is 15.9 Å². The lowest BCUT2D eigenvalue weighted by molar-refractivity contribution is -0.119. The number of primary amides is 1. The number of aryl methyl sites for hydroxylation is 1. The van der Waals surface area contributed by atoms with Crippen molar-refractivity contribution < 1.29 is 27.5 Å². The zero-order valence-corrected chi connectivity index (χ0v) is 23.4. The van der Waals surface area contributed by atoms with Crippen LogP contribution in [0, 0.1) is 5.92 Å². The number of carbonyl (C=O) groups excluding carboxylic acids is 2. The summed E-state index contributed by atoms with van der Waals surface area (Å²) in [7, 11) is -0.599. The van der Waals surface area contributed by atoms with E-state index in [9.17, 15) is 18.0 Å². The highest BCUT2D eigenvalue weighted by Gasteiger charge is 2.64. The minimum atomic E-state index is -4.04. The average molecular weight is 559 g/mol. The summed E-state index contributed by atoms with van der Waals surface area (Å²) in [5.74, 6) is -0.234. The van der Waals surface area contributed by atoms with E-state index >= 15 is 0 Å². The van der Waals surface area contributed by atoms with E-state index in [-0.39, 0.29) is 46.1 Å². The molecule has 1 aromatic heterocycles. The van der Waals surface area contributed by atoms with Crippen LogP contribution in [0.3, 0.4) is 0 Å². The van der Waals surface area contributed by atoms with E-state index in [1.54, 1.807) is 31.3 Å². The van der Waals surface area contributed by atoms with Crippen LogP contribution in [0.2, 0.25) is 0 Å². The standard InChI is InChI=1S/C26H34N6O6S/c1-6-15-7-22(33)29-26(15)10-21(26)38-25-17-9-20(37-14(2)3)18(24(27)34)8-16(17)19(11-32(25)5)30-39(35,36)23-12-31(4)13-28-23/h8-9,11-15,21,25,30H,6-7,10H2,1-5H3,(H2,27,34)(H,29,33)/t15-,21?,25?,26?/m1/s1. The Morgan fingerprint density at radius 3 is 2.69 bits per heavy atom. The van der Waals surface area contributed by atoms with Gasteiger partial charge in [0.2, 0.25) is 5.91 Å². The monoisotopic (exact) mass is 558 g/mol. The topological polar surface area (TPSA) is 158 Å². The summed E-state index contributed by atoms with van der Waals surface area (Å²) >= 11 is 0. The molecule has 1 spiro atoms. The zero-order valence-electron chi connectivity index (χ0n) is 22.6. The predicted molar refractivity (Wildman–Crippen MR) is 141 cm³/mol. The first-order chi connectivity index (χ1) is 18.3. The van der Waals surface area contributed by atoms with Crippen molar-refractivity contribution in [2.24, 2.45) is 18.7 Å². The van der Waals surface area contributed by atoms with Crippen LogP contribution in [0.15, 0.2) is 35.9 Å². The van der Waals surface area contributed by atoms with Crippen molar-refractivity contribution in [2.45, 2.75) is 69.0 Å². The quantitative estimate of drug-likeness (QED) is 0.419. The van der Waals surface area contributed by atoms with Crippen molar-refractivity contribution in [1.82, 2.24) is 24.5 Å². The maximum absolute atomic E-state index is 13.2. The van der Waals surface area contributed by atoms with Crippen LogP contribution in [-0.2, 0) is 26.6 Å². The summed E-state index contributed by atoms with van der Waals surface area (Å²) in [4.78, 5) is 30.3. The Hall–Kier alpha value is -3.58. The molecule has 1 saturated heterocycles. The van der Waals surface area contributed by atoms with Crippen molar-refractivity contribution in [3.63, 3.8) is 0 Å². The molecule has 0 radical (unpaired) electrons. The maximum Gasteiger partial charge on any atom is 0.281 e. The Labute approximate surface area is 227 Å². The highest BCUT2D eigenvalue weighted by Crippen LogP contribution is 2.53. The van der Waals surface area contributed by atoms with Crippen LogP contribution in [0.4, 0.5) is 0 Å². The van der Waals surface area contributed by atoms with Gasteiger partial charge in [-0.1, -0.05) is 13.3 Å². The Balaban J connectivity index is 1.55. The van der Waals surface area contributed by atoms with Gasteiger partial charge in [0.05, 0.1) is 35.3 Å². The first kappa shape index (κ1) is 27.0. The molecule has 4 N–H and O–H groups in total. The van der Waals surface area contributed by atoms with Gasteiger partial charge < -0.3 is 30.0 Å². The minimum Gasteiger partial charge on any atom is -0.490 e. The maximum atomic E-state index is 13.2. The molecule has 5 rings (SSSR count). The molecule has 3 unspecified atom stereocenters. The molecule has 2 amide bonds. The van der Waals surface area contributed by atoms with Gasteiger partial charge in [0.1, 0.15) is 5.75 Å². The molecule has 2 aliphatic heterocycles. The molecule has 0 bridgehead atoms. The number of nitrogens with one attached hydrogen (secondary N) is 2. The molecule has 12 nitrogen and oxygen atoms in total. The van der Waals surface area contributed by atoms with E-state index in [0.717, 1.165) is 6.42 Å². The highest BCUT2D eigenvalue weighted by molar-refractivity contribution is 7.89. The Morgan fingerprint density at radius 2 is 2.08 bits per heavy atom. The molecule has 13 heteroatoms. The first-order valence-electron chi connectivity index (χ1n) is 12.9. The fraction of sp³-hybridized carbons (Fsp3) is 0.500. The summed E-state index contributed by atoms with van der Waals surface area (Å²) in [6.45, 7) is 5.73. The molecular formula is C26H34N6O6S. The van der Waals surface area contributed by atoms with E-state index in [1.807, 2.05) is 13.8 Å². The summed E-state index contributed by atoms with van der Waals surface area (Å²) in [6, 6.07) is 3.21. The lowest BCUT2D eigenvalue weighted by atomic mass is 9.95. The van der Waals surface area contributed by atoms with Crippen LogP contribution in [0.1, 0.15) is 67.7 Å². The van der Waals surface area contributed by atoms with E-state index in [0.29, 0.717) is 24.0 Å². The first-order valence-corrected chi connectivity index (χ1v) is 14.4. The second kappa shape index (κ2) is 9.56. The van der Waals surface area contributed by atoms with Crippen molar-refractivity contribution in [3.8, 4) is 5.75 Å². The molecule has 210 valence electrons. The van der Waals surface area contributed by atoms with Crippen molar-refractivity contribution >= 4 is 27.5 Å². The van der Waals surface area contributed by atoms with Gasteiger partial charge in [-0.05, 0) is 31.9 Å². The summed E-state index contributed by atoms with van der Waals surface area (Å²) in [5, 5.41) is 2.97. The number of nitrogens with two attached hydrogens (primary N) is 1. The number of hydrogen-bond donors (Lipinski definition) is 3. The smallest absolute Gasteiger partial charge is 0.281 e. The number of benzene rings is 1. The van der Waals surface area contributed by atoms with E-state index in [2.05, 4.69) is 21.9 Å². The normalized spacial score (nSPS) is 25.9. The molecule has 3 heterocycles. The molecule has 39 heavy (non-hydrogen) atoms. The third-order valence-electron chi connectivity index (χ3n) is 7.50. The Morgan fingerprint density at radius 1 is 1.33 bits per heavy atom. The second-order valence-corrected chi connectivity index (χ2v) is 12.4. The van der Waals surface area contributed by atoms with Gasteiger partial charge in [0.15, 0.2) is 11.3 Å². The molecule has 2 aromatic rings. The fourth-order valence-electron chi connectivity index (χ4n) is 5.57. The predicted octanol–water partition coefficient (Wildman–Crippen LogP) is 1.60. The van der Waals surface area contributed by atoms with Crippen LogP contribution < -0.4 is 20.5 Å². The van der Waals surface area contributed by atoms with Gasteiger partial charge in [0, 0.05) is 50.5 Å². The van der Waals surface area contributed by atoms with Gasteiger partial charge >= 0.3 is 0 Å². The highest BCUT2D eigenvalue weighted by atomic mass is 32.2. The largest absolute Gasteiger partial charge is 0.490 e. The number of ether oxygens (including phenoxy) is 2. The van der Waals surface area contributed by atoms with Crippen LogP contribution >= 0.6 is 0 Å². The zero-order chi connectivity index (χ0) is 28.3. The number of amides is 2. The van der Waals surface area contributed by atoms with Crippen molar-refractivity contribution in [1.29, 1.82) is 0 Å². The molecule has 1 aliphatic carbocycles. The van der Waals surface area contributed by atoms with Crippen LogP contribution in [-0.4, -0.2) is 59.5 Å². The molecule has 4 atom stereocenters. The summed E-state index contributed by atoms with van der Waals surface area (Å²) < 4.78 is 43.0. The fourth-order valence-corrected chi connectivity index (χ4v) is 6.62. The molecular weight excluding hydrogens is 524 g/mol.